The number of rotatable bonds is 5. The zero-order chi connectivity index (χ0) is 10.5. The molecule has 76 valence electrons. The van der Waals surface area contributed by atoms with Gasteiger partial charge in [-0.05, 0) is 20.3 Å². The number of carbonyl (C=O) groups is 2. The van der Waals surface area contributed by atoms with Crippen LogP contribution in [0.15, 0.2) is 0 Å². The monoisotopic (exact) mass is 252 g/mol. The molecule has 0 aliphatic carbocycles. The average Bonchev–Trinajstić information content (AvgIpc) is 1.95. The Hall–Kier alpha value is -0.580. The van der Waals surface area contributed by atoms with Crippen LogP contribution in [0.2, 0.25) is 0 Å². The van der Waals surface area contributed by atoms with Crippen molar-refractivity contribution in [2.75, 3.05) is 6.61 Å². The Morgan fingerprint density at radius 2 is 2.00 bits per heavy atom. The summed E-state index contributed by atoms with van der Waals surface area (Å²) in [6.07, 6.45) is 0.375. The van der Waals surface area contributed by atoms with E-state index in [9.17, 15) is 9.59 Å². The first-order valence-electron chi connectivity index (χ1n) is 3.92. The van der Waals surface area contributed by atoms with Crippen LogP contribution < -0.4 is 0 Å². The van der Waals surface area contributed by atoms with Crippen LogP contribution >= 0.6 is 15.9 Å². The van der Waals surface area contributed by atoms with Crippen molar-refractivity contribution in [1.29, 1.82) is 0 Å². The predicted molar refractivity (Wildman–Crippen MR) is 50.8 cm³/mol. The lowest BCUT2D eigenvalue weighted by Crippen LogP contribution is -2.26. The smallest absolute Gasteiger partial charge is 0.322 e. The number of carboxylic acids is 1. The van der Waals surface area contributed by atoms with Gasteiger partial charge in [-0.2, -0.15) is 0 Å². The highest BCUT2D eigenvalue weighted by Gasteiger charge is 2.25. The van der Waals surface area contributed by atoms with Gasteiger partial charge >= 0.3 is 11.9 Å². The maximum absolute atomic E-state index is 11.1. The molecule has 0 bridgehead atoms. The largest absolute Gasteiger partial charge is 0.481 e. The van der Waals surface area contributed by atoms with E-state index in [1.54, 1.807) is 13.8 Å². The summed E-state index contributed by atoms with van der Waals surface area (Å²) in [7, 11) is 0. The molecule has 5 heteroatoms. The van der Waals surface area contributed by atoms with Crippen molar-refractivity contribution in [1.82, 2.24) is 0 Å². The van der Waals surface area contributed by atoms with Crippen molar-refractivity contribution in [2.24, 2.45) is 0 Å². The van der Waals surface area contributed by atoms with Crippen molar-refractivity contribution >= 4 is 27.9 Å². The predicted octanol–water partition coefficient (Wildman–Crippen LogP) is 1.57. The number of ether oxygens (including phenoxy) is 1. The van der Waals surface area contributed by atoms with E-state index in [4.69, 9.17) is 9.84 Å². The van der Waals surface area contributed by atoms with Gasteiger partial charge < -0.3 is 9.84 Å². The third-order valence-electron chi connectivity index (χ3n) is 1.25. The van der Waals surface area contributed by atoms with Gasteiger partial charge in [-0.25, -0.2) is 0 Å². The number of carboxylic acid groups (broad SMARTS) is 1. The second-order valence-corrected chi connectivity index (χ2v) is 5.09. The summed E-state index contributed by atoms with van der Waals surface area (Å²) in [5, 5.41) is 8.29. The lowest BCUT2D eigenvalue weighted by molar-refractivity contribution is -0.146. The van der Waals surface area contributed by atoms with Gasteiger partial charge in [-0.1, -0.05) is 15.9 Å². The maximum atomic E-state index is 11.1. The molecule has 0 heterocycles. The minimum Gasteiger partial charge on any atom is -0.481 e. The van der Waals surface area contributed by atoms with Crippen LogP contribution in [0.1, 0.15) is 26.7 Å². The van der Waals surface area contributed by atoms with Gasteiger partial charge in [0.15, 0.2) is 0 Å². The van der Waals surface area contributed by atoms with E-state index in [-0.39, 0.29) is 19.0 Å². The zero-order valence-corrected chi connectivity index (χ0v) is 9.26. The van der Waals surface area contributed by atoms with E-state index in [1.165, 1.54) is 0 Å². The average molecular weight is 253 g/mol. The molecule has 0 radical (unpaired) electrons. The topological polar surface area (TPSA) is 63.6 Å². The third-order valence-corrected chi connectivity index (χ3v) is 1.58. The van der Waals surface area contributed by atoms with E-state index in [1.807, 2.05) is 0 Å². The maximum Gasteiger partial charge on any atom is 0.322 e. The lowest BCUT2D eigenvalue weighted by Gasteiger charge is -2.14. The van der Waals surface area contributed by atoms with Crippen LogP contribution in [-0.2, 0) is 14.3 Å². The van der Waals surface area contributed by atoms with Gasteiger partial charge in [0.05, 0.1) is 6.61 Å². The summed E-state index contributed by atoms with van der Waals surface area (Å²) in [5.41, 5.74) is 0. The summed E-state index contributed by atoms with van der Waals surface area (Å²) in [6, 6.07) is 0. The first-order valence-corrected chi connectivity index (χ1v) is 4.71. The molecule has 0 aromatic heterocycles. The number of halogens is 1. The van der Waals surface area contributed by atoms with Gasteiger partial charge in [0, 0.05) is 6.42 Å². The Labute approximate surface area is 85.4 Å². The molecule has 0 saturated carbocycles. The third kappa shape index (κ3) is 6.57. The fraction of sp³-hybridized carbons (Fsp3) is 0.750. The molecular weight excluding hydrogens is 240 g/mol. The highest BCUT2D eigenvalue weighted by atomic mass is 79.9. The Balaban J connectivity index is 3.55. The molecular formula is C8H13BrO4. The highest BCUT2D eigenvalue weighted by Crippen LogP contribution is 2.17. The van der Waals surface area contributed by atoms with Crippen molar-refractivity contribution in [3.63, 3.8) is 0 Å². The molecule has 0 spiro atoms. The SMILES string of the molecule is CC(C)(Br)C(=O)OCCCC(=O)O. The Kier molecular flexibility index (Phi) is 4.98. The summed E-state index contributed by atoms with van der Waals surface area (Å²) in [4.78, 5) is 21.2. The Morgan fingerprint density at radius 1 is 1.46 bits per heavy atom. The number of carbonyl (C=O) groups excluding carboxylic acids is 1. The molecule has 13 heavy (non-hydrogen) atoms. The second-order valence-electron chi connectivity index (χ2n) is 3.11. The molecule has 0 fully saturated rings. The van der Waals surface area contributed by atoms with Gasteiger partial charge in [-0.15, -0.1) is 0 Å². The van der Waals surface area contributed by atoms with Crippen LogP contribution in [-0.4, -0.2) is 28.0 Å². The van der Waals surface area contributed by atoms with Crippen molar-refractivity contribution in [3.05, 3.63) is 0 Å². The van der Waals surface area contributed by atoms with Crippen LogP contribution in [0.5, 0.6) is 0 Å². The van der Waals surface area contributed by atoms with Gasteiger partial charge in [-0.3, -0.25) is 9.59 Å². The standard InChI is InChI=1S/C8H13BrO4/c1-8(2,9)7(12)13-5-3-4-6(10)11/h3-5H2,1-2H3,(H,10,11). The number of alkyl halides is 1. The van der Waals surface area contributed by atoms with E-state index in [2.05, 4.69) is 15.9 Å². The molecule has 0 aliphatic rings. The molecule has 0 amide bonds. The van der Waals surface area contributed by atoms with E-state index in [0.29, 0.717) is 6.42 Å². The first kappa shape index (κ1) is 12.4. The molecule has 0 aromatic carbocycles. The lowest BCUT2D eigenvalue weighted by atomic mass is 10.2. The summed E-state index contributed by atoms with van der Waals surface area (Å²) < 4.78 is 4.11. The van der Waals surface area contributed by atoms with Crippen LogP contribution in [0.25, 0.3) is 0 Å². The van der Waals surface area contributed by atoms with Gasteiger partial charge in [0.2, 0.25) is 0 Å². The fourth-order valence-electron chi connectivity index (χ4n) is 0.560. The zero-order valence-electron chi connectivity index (χ0n) is 7.67. The number of hydrogen-bond acceptors (Lipinski definition) is 3. The molecule has 0 saturated heterocycles. The van der Waals surface area contributed by atoms with E-state index in [0.717, 1.165) is 0 Å². The first-order chi connectivity index (χ1) is 5.84. The summed E-state index contributed by atoms with van der Waals surface area (Å²) in [6.45, 7) is 3.50. The fourth-order valence-corrected chi connectivity index (χ4v) is 0.674. The Bertz CT molecular complexity index is 195. The highest BCUT2D eigenvalue weighted by molar-refractivity contribution is 9.10. The molecule has 1 N–H and O–H groups in total. The number of aliphatic carboxylic acids is 1. The minimum absolute atomic E-state index is 0.0238. The van der Waals surface area contributed by atoms with E-state index >= 15 is 0 Å². The summed E-state index contributed by atoms with van der Waals surface area (Å²) in [5.74, 6) is -1.26. The number of esters is 1. The molecule has 0 rings (SSSR count). The van der Waals surface area contributed by atoms with Crippen molar-refractivity contribution in [2.45, 2.75) is 31.0 Å². The van der Waals surface area contributed by atoms with Gasteiger partial charge in [0.1, 0.15) is 4.32 Å². The minimum atomic E-state index is -0.880. The van der Waals surface area contributed by atoms with Crippen molar-refractivity contribution in [3.8, 4) is 0 Å². The molecule has 0 unspecified atom stereocenters. The van der Waals surface area contributed by atoms with E-state index < -0.39 is 10.3 Å². The number of hydrogen-bond donors (Lipinski definition) is 1. The molecule has 4 nitrogen and oxygen atoms in total. The van der Waals surface area contributed by atoms with Crippen LogP contribution in [0, 0.1) is 0 Å². The Morgan fingerprint density at radius 3 is 2.38 bits per heavy atom. The molecule has 0 aromatic rings. The summed E-state index contributed by atoms with van der Waals surface area (Å²) >= 11 is 3.13. The second kappa shape index (κ2) is 5.21. The quantitative estimate of drug-likeness (QED) is 0.459. The molecule has 0 atom stereocenters. The van der Waals surface area contributed by atoms with Crippen molar-refractivity contribution < 1.29 is 19.4 Å². The van der Waals surface area contributed by atoms with Crippen LogP contribution in [0.3, 0.4) is 0 Å². The normalized spacial score (nSPS) is 11.0. The van der Waals surface area contributed by atoms with Crippen LogP contribution in [0.4, 0.5) is 0 Å². The molecule has 0 aliphatic heterocycles. The van der Waals surface area contributed by atoms with Gasteiger partial charge in [0.25, 0.3) is 0 Å².